The van der Waals surface area contributed by atoms with Crippen molar-refractivity contribution in [1.82, 2.24) is 0 Å². The third-order valence-electron chi connectivity index (χ3n) is 3.93. The maximum atomic E-state index is 12.6. The SMILES string of the molecule is O=C(Nc1ccc2c(c1)C(=O)c1ccccc1C2=O)c1ccco1. The number of rotatable bonds is 2. The maximum Gasteiger partial charge on any atom is 0.291 e. The molecule has 4 rings (SSSR count). The van der Waals surface area contributed by atoms with Crippen molar-refractivity contribution in [2.75, 3.05) is 5.32 Å². The number of amides is 1. The van der Waals surface area contributed by atoms with E-state index in [-0.39, 0.29) is 22.9 Å². The van der Waals surface area contributed by atoms with E-state index >= 15 is 0 Å². The van der Waals surface area contributed by atoms with Crippen molar-refractivity contribution in [2.45, 2.75) is 0 Å². The van der Waals surface area contributed by atoms with Crippen LogP contribution in [0.15, 0.2) is 65.3 Å². The van der Waals surface area contributed by atoms with Gasteiger partial charge in [-0.25, -0.2) is 0 Å². The fourth-order valence-corrected chi connectivity index (χ4v) is 2.78. The Morgan fingerprint density at radius 3 is 2.12 bits per heavy atom. The highest BCUT2D eigenvalue weighted by Gasteiger charge is 2.29. The van der Waals surface area contributed by atoms with Crippen molar-refractivity contribution < 1.29 is 18.8 Å². The summed E-state index contributed by atoms with van der Waals surface area (Å²) in [5.41, 5.74) is 1.84. The summed E-state index contributed by atoms with van der Waals surface area (Å²) < 4.78 is 5.03. The molecule has 116 valence electrons. The molecule has 1 N–H and O–H groups in total. The molecule has 0 aliphatic heterocycles. The molecule has 0 radical (unpaired) electrons. The first kappa shape index (κ1) is 14.1. The first-order valence-corrected chi connectivity index (χ1v) is 7.32. The Morgan fingerprint density at radius 2 is 1.46 bits per heavy atom. The molecule has 0 spiro atoms. The molecule has 0 bridgehead atoms. The molecular weight excluding hydrogens is 306 g/mol. The minimum atomic E-state index is -0.421. The van der Waals surface area contributed by atoms with E-state index < -0.39 is 5.91 Å². The number of anilines is 1. The van der Waals surface area contributed by atoms with Crippen LogP contribution in [-0.4, -0.2) is 17.5 Å². The summed E-state index contributed by atoms with van der Waals surface area (Å²) in [7, 11) is 0. The van der Waals surface area contributed by atoms with Crippen molar-refractivity contribution in [3.05, 3.63) is 88.9 Å². The van der Waals surface area contributed by atoms with Crippen LogP contribution in [-0.2, 0) is 0 Å². The fraction of sp³-hybridized carbons (Fsp3) is 0. The lowest BCUT2D eigenvalue weighted by Crippen LogP contribution is -2.21. The van der Waals surface area contributed by atoms with Crippen LogP contribution < -0.4 is 5.32 Å². The Kier molecular flexibility index (Phi) is 3.13. The van der Waals surface area contributed by atoms with Gasteiger partial charge in [-0.15, -0.1) is 0 Å². The molecule has 1 aliphatic rings. The van der Waals surface area contributed by atoms with Gasteiger partial charge >= 0.3 is 0 Å². The van der Waals surface area contributed by atoms with E-state index in [0.29, 0.717) is 22.4 Å². The van der Waals surface area contributed by atoms with Gasteiger partial charge in [-0.1, -0.05) is 24.3 Å². The van der Waals surface area contributed by atoms with Crippen LogP contribution in [0.25, 0.3) is 0 Å². The molecule has 1 heterocycles. The standard InChI is InChI=1S/C19H11NO4/c21-17-12-4-1-2-5-13(12)18(22)15-10-11(7-8-14(15)17)20-19(23)16-6-3-9-24-16/h1-10H,(H,20,23). The van der Waals surface area contributed by atoms with Crippen molar-refractivity contribution in [3.8, 4) is 0 Å². The highest BCUT2D eigenvalue weighted by molar-refractivity contribution is 6.28. The number of furan rings is 1. The molecule has 24 heavy (non-hydrogen) atoms. The van der Waals surface area contributed by atoms with Gasteiger partial charge in [0.05, 0.1) is 6.26 Å². The summed E-state index contributed by atoms with van der Waals surface area (Å²) in [4.78, 5) is 37.2. The number of fused-ring (bicyclic) bond motifs is 2. The Balaban J connectivity index is 1.72. The summed E-state index contributed by atoms with van der Waals surface area (Å²) in [5, 5.41) is 2.66. The lowest BCUT2D eigenvalue weighted by atomic mass is 9.84. The summed E-state index contributed by atoms with van der Waals surface area (Å²) >= 11 is 0. The van der Waals surface area contributed by atoms with Crippen molar-refractivity contribution >= 4 is 23.2 Å². The quantitative estimate of drug-likeness (QED) is 0.615. The molecule has 0 saturated carbocycles. The van der Waals surface area contributed by atoms with Gasteiger partial charge in [0.25, 0.3) is 5.91 Å². The summed E-state index contributed by atoms with van der Waals surface area (Å²) in [6.07, 6.45) is 1.40. The Bertz CT molecular complexity index is 986. The van der Waals surface area contributed by atoms with Gasteiger partial charge < -0.3 is 9.73 Å². The average Bonchev–Trinajstić information content (AvgIpc) is 3.14. The predicted octanol–water partition coefficient (Wildman–Crippen LogP) is 3.31. The number of carbonyl (C=O) groups is 3. The van der Waals surface area contributed by atoms with Crippen molar-refractivity contribution in [3.63, 3.8) is 0 Å². The Hall–Kier alpha value is -3.47. The monoisotopic (exact) mass is 317 g/mol. The van der Waals surface area contributed by atoms with Crippen LogP contribution in [0.2, 0.25) is 0 Å². The van der Waals surface area contributed by atoms with Gasteiger partial charge in [0.2, 0.25) is 0 Å². The van der Waals surface area contributed by atoms with Crippen LogP contribution in [0.3, 0.4) is 0 Å². The van der Waals surface area contributed by atoms with Crippen LogP contribution in [0, 0.1) is 0 Å². The van der Waals surface area contributed by atoms with Crippen molar-refractivity contribution in [2.24, 2.45) is 0 Å². The number of benzene rings is 2. The van der Waals surface area contributed by atoms with Gasteiger partial charge in [-0.2, -0.15) is 0 Å². The number of ketones is 2. The molecule has 0 saturated heterocycles. The third kappa shape index (κ3) is 2.14. The molecule has 2 aromatic carbocycles. The summed E-state index contributed by atoms with van der Waals surface area (Å²) in [6, 6.07) is 14.6. The Labute approximate surface area is 136 Å². The molecule has 5 heteroatoms. The molecule has 1 aromatic heterocycles. The zero-order chi connectivity index (χ0) is 16.7. The molecule has 3 aromatic rings. The van der Waals surface area contributed by atoms with Gasteiger partial charge in [-0.05, 0) is 30.3 Å². The lowest BCUT2D eigenvalue weighted by Gasteiger charge is -2.18. The number of hydrogen-bond donors (Lipinski definition) is 1. The van der Waals surface area contributed by atoms with E-state index in [1.54, 1.807) is 48.5 Å². The average molecular weight is 317 g/mol. The van der Waals surface area contributed by atoms with E-state index in [9.17, 15) is 14.4 Å². The van der Waals surface area contributed by atoms with E-state index in [0.717, 1.165) is 0 Å². The highest BCUT2D eigenvalue weighted by atomic mass is 16.3. The van der Waals surface area contributed by atoms with E-state index in [1.165, 1.54) is 12.3 Å². The second kappa shape index (κ2) is 5.31. The zero-order valence-corrected chi connectivity index (χ0v) is 12.4. The first-order valence-electron chi connectivity index (χ1n) is 7.32. The first-order chi connectivity index (χ1) is 11.6. The normalized spacial score (nSPS) is 12.5. The molecule has 5 nitrogen and oxygen atoms in total. The van der Waals surface area contributed by atoms with Crippen LogP contribution >= 0.6 is 0 Å². The van der Waals surface area contributed by atoms with Crippen LogP contribution in [0.4, 0.5) is 5.69 Å². The minimum absolute atomic E-state index is 0.167. The third-order valence-corrected chi connectivity index (χ3v) is 3.93. The molecular formula is C19H11NO4. The summed E-state index contributed by atoms with van der Waals surface area (Å²) in [5.74, 6) is -0.672. The molecule has 0 unspecified atom stereocenters. The van der Waals surface area contributed by atoms with Crippen molar-refractivity contribution in [1.29, 1.82) is 0 Å². The Morgan fingerprint density at radius 1 is 0.792 bits per heavy atom. The van der Waals surface area contributed by atoms with E-state index in [2.05, 4.69) is 5.32 Å². The smallest absolute Gasteiger partial charge is 0.291 e. The minimum Gasteiger partial charge on any atom is -0.459 e. The lowest BCUT2D eigenvalue weighted by molar-refractivity contribution is 0.0979. The predicted molar refractivity (Wildman–Crippen MR) is 86.4 cm³/mol. The van der Waals surface area contributed by atoms with Gasteiger partial charge in [-0.3, -0.25) is 14.4 Å². The van der Waals surface area contributed by atoms with E-state index in [4.69, 9.17) is 4.42 Å². The largest absolute Gasteiger partial charge is 0.459 e. The number of nitrogens with one attached hydrogen (secondary N) is 1. The number of hydrogen-bond acceptors (Lipinski definition) is 4. The van der Waals surface area contributed by atoms with Crippen LogP contribution in [0.1, 0.15) is 42.4 Å². The highest BCUT2D eigenvalue weighted by Crippen LogP contribution is 2.29. The molecule has 0 atom stereocenters. The van der Waals surface area contributed by atoms with Gasteiger partial charge in [0.1, 0.15) is 0 Å². The molecule has 0 fully saturated rings. The fourth-order valence-electron chi connectivity index (χ4n) is 2.78. The van der Waals surface area contributed by atoms with Gasteiger partial charge in [0.15, 0.2) is 17.3 Å². The number of carbonyl (C=O) groups excluding carboxylic acids is 3. The van der Waals surface area contributed by atoms with Gasteiger partial charge in [0, 0.05) is 27.9 Å². The maximum absolute atomic E-state index is 12.6. The molecule has 1 aliphatic carbocycles. The second-order valence-electron chi connectivity index (χ2n) is 5.40. The van der Waals surface area contributed by atoms with E-state index in [1.807, 2.05) is 0 Å². The summed E-state index contributed by atoms with van der Waals surface area (Å²) in [6.45, 7) is 0. The second-order valence-corrected chi connectivity index (χ2v) is 5.40. The van der Waals surface area contributed by atoms with Crippen LogP contribution in [0.5, 0.6) is 0 Å². The zero-order valence-electron chi connectivity index (χ0n) is 12.4. The molecule has 1 amide bonds. The topological polar surface area (TPSA) is 76.4 Å².